The van der Waals surface area contributed by atoms with Crippen LogP contribution in [0.25, 0.3) is 5.69 Å². The van der Waals surface area contributed by atoms with Crippen molar-refractivity contribution < 1.29 is 8.42 Å². The van der Waals surface area contributed by atoms with Gasteiger partial charge in [-0.15, -0.1) is 0 Å². The maximum absolute atomic E-state index is 12.9. The molecule has 3 aromatic rings. The summed E-state index contributed by atoms with van der Waals surface area (Å²) in [4.78, 5) is 9.00. The molecule has 0 saturated carbocycles. The van der Waals surface area contributed by atoms with Crippen molar-refractivity contribution in [1.29, 1.82) is 0 Å². The van der Waals surface area contributed by atoms with E-state index in [1.54, 1.807) is 24.4 Å². The third kappa shape index (κ3) is 4.78. The van der Waals surface area contributed by atoms with Gasteiger partial charge in [-0.3, -0.25) is 4.72 Å². The fourth-order valence-corrected chi connectivity index (χ4v) is 4.38. The second-order valence-corrected chi connectivity index (χ2v) is 9.00. The SMILES string of the molecule is CCC1CC=CC(=Nc2ccc(S(=O)(=O)Nc3ccnn3-c3ccccc3)cc2)N=C1N. The van der Waals surface area contributed by atoms with Gasteiger partial charge in [-0.05, 0) is 55.3 Å². The van der Waals surface area contributed by atoms with Crippen molar-refractivity contribution in [3.8, 4) is 5.69 Å². The van der Waals surface area contributed by atoms with Gasteiger partial charge in [-0.25, -0.2) is 23.1 Å². The molecule has 2 aromatic carbocycles. The molecule has 2 heterocycles. The quantitative estimate of drug-likeness (QED) is 0.592. The zero-order chi connectivity index (χ0) is 22.6. The van der Waals surface area contributed by atoms with Crippen LogP contribution in [0.2, 0.25) is 0 Å². The van der Waals surface area contributed by atoms with Gasteiger partial charge in [-0.1, -0.05) is 31.2 Å². The van der Waals surface area contributed by atoms with E-state index in [0.717, 1.165) is 18.5 Å². The van der Waals surface area contributed by atoms with Gasteiger partial charge in [0.15, 0.2) is 5.84 Å². The Morgan fingerprint density at radius 2 is 1.88 bits per heavy atom. The molecule has 0 bridgehead atoms. The summed E-state index contributed by atoms with van der Waals surface area (Å²) in [6.45, 7) is 2.07. The molecule has 8 nitrogen and oxygen atoms in total. The van der Waals surface area contributed by atoms with E-state index in [2.05, 4.69) is 26.7 Å². The number of amidine groups is 2. The van der Waals surface area contributed by atoms with Crippen molar-refractivity contribution >= 4 is 33.2 Å². The van der Waals surface area contributed by atoms with E-state index >= 15 is 0 Å². The number of sulfonamides is 1. The van der Waals surface area contributed by atoms with Gasteiger partial charge in [-0.2, -0.15) is 5.10 Å². The van der Waals surface area contributed by atoms with Gasteiger partial charge in [0, 0.05) is 12.0 Å². The molecule has 1 aliphatic rings. The summed E-state index contributed by atoms with van der Waals surface area (Å²) in [5.74, 6) is 1.62. The number of nitrogens with zero attached hydrogens (tertiary/aromatic N) is 4. The number of rotatable bonds is 6. The summed E-state index contributed by atoms with van der Waals surface area (Å²) in [5.41, 5.74) is 7.41. The lowest BCUT2D eigenvalue weighted by atomic mass is 10.0. The van der Waals surface area contributed by atoms with Gasteiger partial charge >= 0.3 is 0 Å². The zero-order valence-corrected chi connectivity index (χ0v) is 18.4. The van der Waals surface area contributed by atoms with E-state index in [1.165, 1.54) is 16.8 Å². The maximum Gasteiger partial charge on any atom is 0.263 e. The van der Waals surface area contributed by atoms with Gasteiger partial charge < -0.3 is 5.73 Å². The first-order valence-corrected chi connectivity index (χ1v) is 11.8. The highest BCUT2D eigenvalue weighted by molar-refractivity contribution is 7.92. The van der Waals surface area contributed by atoms with Gasteiger partial charge in [0.05, 0.1) is 22.5 Å². The molecule has 0 radical (unpaired) electrons. The van der Waals surface area contributed by atoms with E-state index in [4.69, 9.17) is 5.73 Å². The number of hydrogen-bond donors (Lipinski definition) is 2. The molecule has 0 aliphatic carbocycles. The largest absolute Gasteiger partial charge is 0.387 e. The summed E-state index contributed by atoms with van der Waals surface area (Å²) >= 11 is 0. The van der Waals surface area contributed by atoms with Crippen LogP contribution in [-0.4, -0.2) is 29.9 Å². The lowest BCUT2D eigenvalue weighted by molar-refractivity contribution is 0.600. The number of anilines is 1. The normalized spacial score (nSPS) is 17.7. The monoisotopic (exact) mass is 448 g/mol. The summed E-state index contributed by atoms with van der Waals surface area (Å²) in [5, 5.41) is 4.21. The number of hydrogen-bond acceptors (Lipinski definition) is 5. The van der Waals surface area contributed by atoms with Crippen LogP contribution in [0.3, 0.4) is 0 Å². The van der Waals surface area contributed by atoms with E-state index < -0.39 is 10.0 Å². The Morgan fingerprint density at radius 3 is 2.59 bits per heavy atom. The van der Waals surface area contributed by atoms with Crippen molar-refractivity contribution in [3.63, 3.8) is 0 Å². The van der Waals surface area contributed by atoms with Crippen molar-refractivity contribution in [2.45, 2.75) is 24.7 Å². The molecule has 0 spiro atoms. The van der Waals surface area contributed by atoms with Crippen molar-refractivity contribution in [1.82, 2.24) is 9.78 Å². The molecule has 1 unspecified atom stereocenters. The molecule has 9 heteroatoms. The summed E-state index contributed by atoms with van der Waals surface area (Å²) in [6.07, 6.45) is 7.12. The Kier molecular flexibility index (Phi) is 6.18. The number of aliphatic imine (C=N–C) groups is 2. The fourth-order valence-electron chi connectivity index (χ4n) is 3.34. The summed E-state index contributed by atoms with van der Waals surface area (Å²) in [7, 11) is -3.81. The predicted octanol–water partition coefficient (Wildman–Crippen LogP) is 4.05. The number of benzene rings is 2. The average Bonchev–Trinajstić information content (AvgIpc) is 3.16. The van der Waals surface area contributed by atoms with Crippen LogP contribution >= 0.6 is 0 Å². The zero-order valence-electron chi connectivity index (χ0n) is 17.6. The van der Waals surface area contributed by atoms with Gasteiger partial charge in [0.2, 0.25) is 0 Å². The molecular weight excluding hydrogens is 424 g/mol. The molecule has 32 heavy (non-hydrogen) atoms. The minimum atomic E-state index is -3.81. The number of allylic oxidation sites excluding steroid dienone is 1. The molecular formula is C23H24N6O2S. The van der Waals surface area contributed by atoms with E-state index in [1.807, 2.05) is 42.5 Å². The lowest BCUT2D eigenvalue weighted by Crippen LogP contribution is -2.22. The van der Waals surface area contributed by atoms with Crippen molar-refractivity contribution in [2.75, 3.05) is 4.72 Å². The summed E-state index contributed by atoms with van der Waals surface area (Å²) < 4.78 is 29.9. The van der Waals surface area contributed by atoms with Crippen LogP contribution < -0.4 is 10.5 Å². The van der Waals surface area contributed by atoms with Crippen LogP contribution in [0.15, 0.2) is 93.9 Å². The maximum atomic E-state index is 12.9. The lowest BCUT2D eigenvalue weighted by Gasteiger charge is -2.11. The Balaban J connectivity index is 1.55. The minimum Gasteiger partial charge on any atom is -0.387 e. The highest BCUT2D eigenvalue weighted by Crippen LogP contribution is 2.22. The van der Waals surface area contributed by atoms with E-state index in [-0.39, 0.29) is 10.8 Å². The third-order valence-electron chi connectivity index (χ3n) is 5.12. The molecule has 164 valence electrons. The van der Waals surface area contributed by atoms with Crippen LogP contribution in [0.1, 0.15) is 19.8 Å². The van der Waals surface area contributed by atoms with E-state index in [9.17, 15) is 8.42 Å². The molecule has 0 amide bonds. The summed E-state index contributed by atoms with van der Waals surface area (Å²) in [6, 6.07) is 17.2. The van der Waals surface area contributed by atoms with Crippen LogP contribution in [0.4, 0.5) is 11.5 Å². The Bertz CT molecular complexity index is 1280. The first-order chi connectivity index (χ1) is 15.5. The Morgan fingerprint density at radius 1 is 1.12 bits per heavy atom. The third-order valence-corrected chi connectivity index (χ3v) is 6.49. The molecule has 1 atom stereocenters. The number of aromatic nitrogens is 2. The topological polar surface area (TPSA) is 115 Å². The average molecular weight is 449 g/mol. The molecule has 0 saturated heterocycles. The highest BCUT2D eigenvalue weighted by atomic mass is 32.2. The molecule has 3 N–H and O–H groups in total. The Hall–Kier alpha value is -3.72. The van der Waals surface area contributed by atoms with Crippen molar-refractivity contribution in [3.05, 3.63) is 79.0 Å². The second-order valence-electron chi connectivity index (χ2n) is 7.31. The smallest absolute Gasteiger partial charge is 0.263 e. The molecule has 4 rings (SSSR count). The van der Waals surface area contributed by atoms with Gasteiger partial charge in [0.25, 0.3) is 10.0 Å². The predicted molar refractivity (Wildman–Crippen MR) is 127 cm³/mol. The van der Waals surface area contributed by atoms with E-state index in [0.29, 0.717) is 23.2 Å². The minimum absolute atomic E-state index is 0.118. The van der Waals surface area contributed by atoms with Crippen LogP contribution in [0, 0.1) is 5.92 Å². The molecule has 0 fully saturated rings. The Labute approximate surface area is 187 Å². The number of para-hydroxylation sites is 1. The molecule has 1 aliphatic heterocycles. The van der Waals surface area contributed by atoms with Gasteiger partial charge in [0.1, 0.15) is 11.7 Å². The standard InChI is InChI=1S/C23H24N6O2S/c1-2-17-7-6-10-21(27-23(17)24)26-18-11-13-20(14-12-18)32(30,31)28-22-15-16-25-29(22)19-8-4-3-5-9-19/h3-6,8-17,28H,2,7H2,1H3,(H2,24,26,27). The fraction of sp³-hybridized carbons (Fsp3) is 0.174. The second kappa shape index (κ2) is 9.19. The number of nitrogens with one attached hydrogen (secondary N) is 1. The van der Waals surface area contributed by atoms with Crippen LogP contribution in [-0.2, 0) is 10.0 Å². The number of nitrogens with two attached hydrogens (primary N) is 1. The first-order valence-electron chi connectivity index (χ1n) is 10.3. The highest BCUT2D eigenvalue weighted by Gasteiger charge is 2.17. The van der Waals surface area contributed by atoms with Crippen LogP contribution in [0.5, 0.6) is 0 Å². The first kappa shape index (κ1) is 21.5. The molecule has 1 aromatic heterocycles. The van der Waals surface area contributed by atoms with Crippen molar-refractivity contribution in [2.24, 2.45) is 21.6 Å².